The molecular formula is C16H25NO2. The third-order valence-electron chi connectivity index (χ3n) is 4.38. The molecule has 0 radical (unpaired) electrons. The summed E-state index contributed by atoms with van der Waals surface area (Å²) < 4.78 is 0. The van der Waals surface area contributed by atoms with E-state index in [1.54, 1.807) is 12.1 Å². The molecule has 0 aliphatic heterocycles. The fourth-order valence-corrected chi connectivity index (χ4v) is 3.41. The van der Waals surface area contributed by atoms with Gasteiger partial charge in [-0.1, -0.05) is 19.8 Å². The predicted molar refractivity (Wildman–Crippen MR) is 78.5 cm³/mol. The molecule has 0 bridgehead atoms. The third kappa shape index (κ3) is 3.41. The highest BCUT2D eigenvalue weighted by Gasteiger charge is 2.35. The average molecular weight is 263 g/mol. The number of rotatable bonds is 4. The van der Waals surface area contributed by atoms with Crippen molar-refractivity contribution in [2.75, 3.05) is 25.1 Å². The Bertz CT molecular complexity index is 404. The lowest BCUT2D eigenvalue weighted by Gasteiger charge is -2.41. The van der Waals surface area contributed by atoms with Gasteiger partial charge in [0.15, 0.2) is 0 Å². The van der Waals surface area contributed by atoms with Crippen LogP contribution in [-0.2, 0) is 0 Å². The zero-order valence-corrected chi connectivity index (χ0v) is 12.0. The van der Waals surface area contributed by atoms with Gasteiger partial charge in [0.2, 0.25) is 0 Å². The molecule has 0 amide bonds. The van der Waals surface area contributed by atoms with E-state index in [0.717, 1.165) is 25.1 Å². The van der Waals surface area contributed by atoms with Gasteiger partial charge in [-0.2, -0.15) is 0 Å². The Hall–Kier alpha value is -1.22. The van der Waals surface area contributed by atoms with Crippen LogP contribution in [0.1, 0.15) is 32.6 Å². The maximum absolute atomic E-state index is 9.83. The predicted octanol–water partition coefficient (Wildman–Crippen LogP) is 3.02. The Balaban J connectivity index is 2.07. The fourth-order valence-electron chi connectivity index (χ4n) is 3.41. The lowest BCUT2D eigenvalue weighted by atomic mass is 9.70. The zero-order chi connectivity index (χ0) is 13.9. The SMILES string of the molecule is CC1CCCC(CO)(CN(C)c2ccc(O)cc2)C1. The van der Waals surface area contributed by atoms with E-state index in [1.165, 1.54) is 12.8 Å². The van der Waals surface area contributed by atoms with Crippen molar-refractivity contribution in [1.29, 1.82) is 0 Å². The Kier molecular flexibility index (Phi) is 4.35. The number of phenols is 1. The van der Waals surface area contributed by atoms with Crippen molar-refractivity contribution in [3.05, 3.63) is 24.3 Å². The van der Waals surface area contributed by atoms with Gasteiger partial charge in [-0.15, -0.1) is 0 Å². The number of hydrogen-bond donors (Lipinski definition) is 2. The molecule has 1 aliphatic carbocycles. The quantitative estimate of drug-likeness (QED) is 0.877. The summed E-state index contributed by atoms with van der Waals surface area (Å²) in [6.07, 6.45) is 4.71. The molecule has 3 nitrogen and oxygen atoms in total. The summed E-state index contributed by atoms with van der Waals surface area (Å²) >= 11 is 0. The summed E-state index contributed by atoms with van der Waals surface area (Å²) in [6.45, 7) is 3.42. The van der Waals surface area contributed by atoms with Crippen molar-refractivity contribution < 1.29 is 10.2 Å². The average Bonchev–Trinajstić information content (AvgIpc) is 2.39. The standard InChI is InChI=1S/C16H25NO2/c1-13-4-3-9-16(10-13,12-18)11-17(2)14-5-7-15(19)8-6-14/h5-8,13,18-19H,3-4,9-12H2,1-2H3. The minimum atomic E-state index is 0.0320. The second kappa shape index (κ2) is 5.83. The molecule has 1 aromatic carbocycles. The van der Waals surface area contributed by atoms with E-state index in [-0.39, 0.29) is 12.0 Å². The van der Waals surface area contributed by atoms with Gasteiger partial charge in [0.05, 0.1) is 6.61 Å². The summed E-state index contributed by atoms with van der Waals surface area (Å²) in [5, 5.41) is 19.2. The van der Waals surface area contributed by atoms with E-state index in [9.17, 15) is 10.2 Å². The Morgan fingerprint density at radius 3 is 2.58 bits per heavy atom. The number of phenolic OH excluding ortho intramolecular Hbond substituents is 1. The zero-order valence-electron chi connectivity index (χ0n) is 12.0. The number of nitrogens with zero attached hydrogens (tertiary/aromatic N) is 1. The summed E-state index contributed by atoms with van der Waals surface area (Å²) in [5.74, 6) is 0.995. The minimum Gasteiger partial charge on any atom is -0.508 e. The van der Waals surface area contributed by atoms with E-state index in [4.69, 9.17) is 0 Å². The van der Waals surface area contributed by atoms with Crippen LogP contribution in [0.25, 0.3) is 0 Å². The van der Waals surface area contributed by atoms with Gasteiger partial charge in [0.25, 0.3) is 0 Å². The van der Waals surface area contributed by atoms with Crippen molar-refractivity contribution >= 4 is 5.69 Å². The normalized spacial score (nSPS) is 27.2. The first-order valence-corrected chi connectivity index (χ1v) is 7.16. The van der Waals surface area contributed by atoms with Gasteiger partial charge in [0, 0.05) is 24.7 Å². The molecule has 0 aromatic heterocycles. The second-order valence-electron chi connectivity index (χ2n) is 6.23. The van der Waals surface area contributed by atoms with E-state index in [1.807, 2.05) is 12.1 Å². The van der Waals surface area contributed by atoms with Gasteiger partial charge in [0.1, 0.15) is 5.75 Å². The van der Waals surface area contributed by atoms with Gasteiger partial charge in [-0.3, -0.25) is 0 Å². The van der Waals surface area contributed by atoms with Gasteiger partial charge >= 0.3 is 0 Å². The minimum absolute atomic E-state index is 0.0320. The molecule has 1 aliphatic rings. The lowest BCUT2D eigenvalue weighted by molar-refractivity contribution is 0.0676. The number of aliphatic hydroxyl groups excluding tert-OH is 1. The van der Waals surface area contributed by atoms with Crippen molar-refractivity contribution in [1.82, 2.24) is 0 Å². The van der Waals surface area contributed by atoms with Crippen LogP contribution in [0.3, 0.4) is 0 Å². The molecule has 106 valence electrons. The highest BCUT2D eigenvalue weighted by atomic mass is 16.3. The molecule has 1 saturated carbocycles. The molecule has 0 heterocycles. The topological polar surface area (TPSA) is 43.7 Å². The molecule has 3 heteroatoms. The Labute approximate surface area is 115 Å². The highest BCUT2D eigenvalue weighted by molar-refractivity contribution is 5.48. The number of anilines is 1. The molecule has 2 unspecified atom stereocenters. The van der Waals surface area contributed by atoms with Crippen molar-refractivity contribution in [2.45, 2.75) is 32.6 Å². The van der Waals surface area contributed by atoms with Crippen LogP contribution >= 0.6 is 0 Å². The summed E-state index contributed by atoms with van der Waals surface area (Å²) in [4.78, 5) is 2.19. The molecule has 2 N–H and O–H groups in total. The second-order valence-corrected chi connectivity index (χ2v) is 6.23. The number of hydrogen-bond acceptors (Lipinski definition) is 3. The van der Waals surface area contributed by atoms with Crippen molar-refractivity contribution in [3.63, 3.8) is 0 Å². The van der Waals surface area contributed by atoms with E-state index in [0.29, 0.717) is 11.7 Å². The van der Waals surface area contributed by atoms with Gasteiger partial charge < -0.3 is 15.1 Å². The maximum atomic E-state index is 9.83. The number of aromatic hydroxyl groups is 1. The summed E-state index contributed by atoms with van der Waals surface area (Å²) in [6, 6.07) is 7.27. The van der Waals surface area contributed by atoms with E-state index >= 15 is 0 Å². The van der Waals surface area contributed by atoms with Crippen LogP contribution in [0.15, 0.2) is 24.3 Å². The third-order valence-corrected chi connectivity index (χ3v) is 4.38. The first-order chi connectivity index (χ1) is 9.04. The first kappa shape index (κ1) is 14.2. The molecular weight excluding hydrogens is 238 g/mol. The van der Waals surface area contributed by atoms with Crippen LogP contribution < -0.4 is 4.90 Å². The van der Waals surface area contributed by atoms with Crippen LogP contribution in [0.5, 0.6) is 5.75 Å². The molecule has 1 fully saturated rings. The molecule has 19 heavy (non-hydrogen) atoms. The van der Waals surface area contributed by atoms with Crippen LogP contribution in [0.2, 0.25) is 0 Å². The van der Waals surface area contributed by atoms with E-state index < -0.39 is 0 Å². The molecule has 2 atom stereocenters. The van der Waals surface area contributed by atoms with Crippen molar-refractivity contribution in [3.8, 4) is 5.75 Å². The molecule has 0 spiro atoms. The van der Waals surface area contributed by atoms with Gasteiger partial charge in [-0.05, 0) is 43.0 Å². The number of benzene rings is 1. The molecule has 1 aromatic rings. The monoisotopic (exact) mass is 263 g/mol. The summed E-state index contributed by atoms with van der Waals surface area (Å²) in [5.41, 5.74) is 1.12. The Morgan fingerprint density at radius 1 is 1.32 bits per heavy atom. The van der Waals surface area contributed by atoms with Crippen LogP contribution in [0.4, 0.5) is 5.69 Å². The Morgan fingerprint density at radius 2 is 2.00 bits per heavy atom. The van der Waals surface area contributed by atoms with Crippen molar-refractivity contribution in [2.24, 2.45) is 11.3 Å². The van der Waals surface area contributed by atoms with E-state index in [2.05, 4.69) is 18.9 Å². The molecule has 2 rings (SSSR count). The highest BCUT2D eigenvalue weighted by Crippen LogP contribution is 2.40. The number of aliphatic hydroxyl groups is 1. The summed E-state index contributed by atoms with van der Waals surface area (Å²) in [7, 11) is 2.06. The van der Waals surface area contributed by atoms with Crippen LogP contribution in [0, 0.1) is 11.3 Å². The molecule has 0 saturated heterocycles. The first-order valence-electron chi connectivity index (χ1n) is 7.16. The fraction of sp³-hybridized carbons (Fsp3) is 0.625. The smallest absolute Gasteiger partial charge is 0.115 e. The lowest BCUT2D eigenvalue weighted by Crippen LogP contribution is -2.41. The van der Waals surface area contributed by atoms with Crippen LogP contribution in [-0.4, -0.2) is 30.4 Å². The van der Waals surface area contributed by atoms with Gasteiger partial charge in [-0.25, -0.2) is 0 Å². The maximum Gasteiger partial charge on any atom is 0.115 e. The largest absolute Gasteiger partial charge is 0.508 e.